The van der Waals surface area contributed by atoms with Crippen LogP contribution in [0.3, 0.4) is 0 Å². The molecule has 1 fully saturated rings. The number of anilines is 1. The van der Waals surface area contributed by atoms with E-state index in [9.17, 15) is 18.0 Å². The number of carboxylic acids is 1. The number of likely N-dealkylation sites (tertiary alicyclic amines) is 1. The number of carboxylic acid groups (broad SMARTS) is 1. The Labute approximate surface area is 212 Å². The molecule has 0 radical (unpaired) electrons. The predicted octanol–water partition coefficient (Wildman–Crippen LogP) is 4.54. The molecule has 2 aliphatic rings. The minimum atomic E-state index is -5.08. The van der Waals surface area contributed by atoms with Crippen LogP contribution in [0.1, 0.15) is 38.9 Å². The van der Waals surface area contributed by atoms with Crippen LogP contribution in [0.2, 0.25) is 5.02 Å². The van der Waals surface area contributed by atoms with Crippen LogP contribution in [-0.2, 0) is 26.5 Å². The number of fused-ring (bicyclic) bond motifs is 2. The van der Waals surface area contributed by atoms with Crippen molar-refractivity contribution in [1.29, 1.82) is 0 Å². The molecule has 12 heteroatoms. The third-order valence-electron chi connectivity index (χ3n) is 6.17. The number of alkyl halides is 3. The Kier molecular flexibility index (Phi) is 9.02. The van der Waals surface area contributed by atoms with E-state index in [0.717, 1.165) is 38.3 Å². The summed E-state index contributed by atoms with van der Waals surface area (Å²) in [5.74, 6) is -1.25. The van der Waals surface area contributed by atoms with E-state index in [1.807, 2.05) is 24.5 Å². The number of nitrogens with one attached hydrogen (secondary N) is 1. The lowest BCUT2D eigenvalue weighted by Crippen LogP contribution is -2.53. The molecule has 1 saturated heterocycles. The number of halogens is 4. The second kappa shape index (κ2) is 11.6. The molecule has 2 aliphatic heterocycles. The van der Waals surface area contributed by atoms with Gasteiger partial charge >= 0.3 is 12.1 Å². The molecular formula is C24H30ClF3N4O4. The zero-order valence-electron chi connectivity index (χ0n) is 20.1. The zero-order chi connectivity index (χ0) is 26.5. The van der Waals surface area contributed by atoms with Crippen molar-refractivity contribution in [3.05, 3.63) is 47.5 Å². The number of rotatable bonds is 5. The molecule has 198 valence electrons. The Morgan fingerprint density at radius 1 is 1.31 bits per heavy atom. The maximum absolute atomic E-state index is 13.0. The van der Waals surface area contributed by atoms with Gasteiger partial charge in [-0.2, -0.15) is 13.2 Å². The number of amides is 1. The number of nitrogens with zero attached hydrogens (tertiary/aromatic N) is 3. The van der Waals surface area contributed by atoms with Crippen LogP contribution in [0.15, 0.2) is 36.7 Å². The summed E-state index contributed by atoms with van der Waals surface area (Å²) >= 11 is 6.04. The number of benzene rings is 1. The van der Waals surface area contributed by atoms with Crippen LogP contribution in [0.25, 0.3) is 0 Å². The number of hydrogen-bond donors (Lipinski definition) is 2. The molecule has 1 atom stereocenters. The Morgan fingerprint density at radius 2 is 1.97 bits per heavy atom. The minimum absolute atomic E-state index is 0.145. The minimum Gasteiger partial charge on any atom is -0.475 e. The highest BCUT2D eigenvalue weighted by Crippen LogP contribution is 2.40. The van der Waals surface area contributed by atoms with Crippen molar-refractivity contribution in [3.63, 3.8) is 0 Å². The quantitative estimate of drug-likeness (QED) is 0.589. The summed E-state index contributed by atoms with van der Waals surface area (Å²) in [6.07, 6.45) is 1.02. The van der Waals surface area contributed by atoms with E-state index in [1.165, 1.54) is 6.42 Å². The number of hydrogen-bond acceptors (Lipinski definition) is 5. The van der Waals surface area contributed by atoms with Gasteiger partial charge in [0.25, 0.3) is 5.91 Å². The lowest BCUT2D eigenvalue weighted by atomic mass is 9.88. The van der Waals surface area contributed by atoms with Gasteiger partial charge in [-0.1, -0.05) is 31.5 Å². The molecule has 1 unspecified atom stereocenters. The van der Waals surface area contributed by atoms with Crippen LogP contribution in [0.5, 0.6) is 0 Å². The molecule has 2 N–H and O–H groups in total. The van der Waals surface area contributed by atoms with Crippen molar-refractivity contribution in [3.8, 4) is 0 Å². The molecule has 4 rings (SSSR count). The third-order valence-corrected chi connectivity index (χ3v) is 6.40. The Morgan fingerprint density at radius 3 is 2.56 bits per heavy atom. The van der Waals surface area contributed by atoms with Gasteiger partial charge < -0.3 is 24.6 Å². The van der Waals surface area contributed by atoms with Crippen LogP contribution < -0.4 is 5.32 Å². The highest BCUT2D eigenvalue weighted by atomic mass is 35.5. The fourth-order valence-electron chi connectivity index (χ4n) is 4.24. The van der Waals surface area contributed by atoms with Gasteiger partial charge in [-0.05, 0) is 49.9 Å². The molecule has 8 nitrogen and oxygen atoms in total. The van der Waals surface area contributed by atoms with Gasteiger partial charge in [0.2, 0.25) is 0 Å². The summed E-state index contributed by atoms with van der Waals surface area (Å²) in [5, 5.41) is 10.7. The normalized spacial score (nSPS) is 19.4. The van der Waals surface area contributed by atoms with E-state index in [-0.39, 0.29) is 5.91 Å². The molecule has 3 heterocycles. The van der Waals surface area contributed by atoms with Gasteiger partial charge in [0.1, 0.15) is 11.4 Å². The smallest absolute Gasteiger partial charge is 0.475 e. The largest absolute Gasteiger partial charge is 0.490 e. The summed E-state index contributed by atoms with van der Waals surface area (Å²) < 4.78 is 40.3. The zero-order valence-corrected chi connectivity index (χ0v) is 20.8. The van der Waals surface area contributed by atoms with E-state index < -0.39 is 23.9 Å². The molecule has 0 saturated carbocycles. The summed E-state index contributed by atoms with van der Waals surface area (Å²) in [7, 11) is 0. The van der Waals surface area contributed by atoms with Crippen LogP contribution in [-0.4, -0.2) is 63.3 Å². The summed E-state index contributed by atoms with van der Waals surface area (Å²) in [6.45, 7) is 8.02. The number of aliphatic carboxylic acids is 1. The first-order chi connectivity index (χ1) is 16.9. The van der Waals surface area contributed by atoms with E-state index in [0.29, 0.717) is 23.2 Å². The molecule has 1 aromatic heterocycles. The number of carbonyl (C=O) groups excluding carboxylic acids is 1. The Hall–Kier alpha value is -2.63. The van der Waals surface area contributed by atoms with Crippen molar-refractivity contribution in [2.45, 2.75) is 57.5 Å². The summed E-state index contributed by atoms with van der Waals surface area (Å²) in [6, 6.07) is 7.18. The summed E-state index contributed by atoms with van der Waals surface area (Å²) in [4.78, 5) is 28.9. The molecule has 2 aromatic rings. The van der Waals surface area contributed by atoms with Gasteiger partial charge in [0.15, 0.2) is 6.10 Å². The first-order valence-electron chi connectivity index (χ1n) is 11.7. The number of imidazole rings is 1. The Balaban J connectivity index is 0.000000454. The highest BCUT2D eigenvalue weighted by molar-refractivity contribution is 6.30. The van der Waals surface area contributed by atoms with Crippen LogP contribution >= 0.6 is 11.6 Å². The summed E-state index contributed by atoms with van der Waals surface area (Å²) in [5.41, 5.74) is 0.187. The highest BCUT2D eigenvalue weighted by Gasteiger charge is 2.47. The lowest BCUT2D eigenvalue weighted by molar-refractivity contribution is -0.192. The lowest BCUT2D eigenvalue weighted by Gasteiger charge is -2.45. The second-order valence-corrected chi connectivity index (χ2v) is 9.77. The number of ether oxygens (including phenoxy) is 1. The Bertz CT molecular complexity index is 1050. The molecule has 1 aromatic carbocycles. The van der Waals surface area contributed by atoms with Gasteiger partial charge in [-0.15, -0.1) is 0 Å². The van der Waals surface area contributed by atoms with Gasteiger partial charge in [-0.25, -0.2) is 9.78 Å². The maximum atomic E-state index is 13.0. The van der Waals surface area contributed by atoms with Gasteiger partial charge in [-0.3, -0.25) is 4.79 Å². The molecule has 36 heavy (non-hydrogen) atoms. The van der Waals surface area contributed by atoms with E-state index in [4.69, 9.17) is 26.2 Å². The molecular weight excluding hydrogens is 501 g/mol. The molecule has 0 aliphatic carbocycles. The number of carbonyl (C=O) groups is 2. The standard InChI is InChI=1S/C22H29ClN4O2.C2HF3O2/c1-16(2)6-10-26-11-7-22(8-12-26)21-24-9-13-27(21)15-19(29-22)20(28)25-18-5-3-4-17(23)14-18;3-2(4,5)1(6)7/h3-5,9,13-14,16,19H,6-8,10-12,15H2,1-2H3,(H,25,28);(H,6,7). The fourth-order valence-corrected chi connectivity index (χ4v) is 4.43. The van der Waals surface area contributed by atoms with Crippen molar-refractivity contribution in [1.82, 2.24) is 14.5 Å². The van der Waals surface area contributed by atoms with Crippen molar-refractivity contribution in [2.75, 3.05) is 25.0 Å². The maximum Gasteiger partial charge on any atom is 0.490 e. The van der Waals surface area contributed by atoms with Crippen molar-refractivity contribution >= 4 is 29.2 Å². The average molecular weight is 531 g/mol. The first kappa shape index (κ1) is 27.9. The van der Waals surface area contributed by atoms with Crippen LogP contribution in [0.4, 0.5) is 18.9 Å². The first-order valence-corrected chi connectivity index (χ1v) is 12.1. The molecule has 1 amide bonds. The second-order valence-electron chi connectivity index (χ2n) is 9.33. The molecule has 0 bridgehead atoms. The van der Waals surface area contributed by atoms with E-state index in [2.05, 4.69) is 33.6 Å². The average Bonchev–Trinajstić information content (AvgIpc) is 3.28. The fraction of sp³-hybridized carbons (Fsp3) is 0.542. The van der Waals surface area contributed by atoms with E-state index in [1.54, 1.807) is 12.1 Å². The number of piperidine rings is 1. The number of aromatic nitrogens is 2. The van der Waals surface area contributed by atoms with Crippen molar-refractivity contribution in [2.24, 2.45) is 5.92 Å². The topological polar surface area (TPSA) is 96.7 Å². The van der Waals surface area contributed by atoms with Crippen molar-refractivity contribution < 1.29 is 32.6 Å². The predicted molar refractivity (Wildman–Crippen MR) is 128 cm³/mol. The monoisotopic (exact) mass is 530 g/mol. The SMILES string of the molecule is CC(C)CCN1CCC2(CC1)OC(C(=O)Nc1cccc(Cl)c1)Cn1ccnc12.O=C(O)C(F)(F)F. The third kappa shape index (κ3) is 7.21. The molecule has 1 spiro atoms. The van der Waals surface area contributed by atoms with Gasteiger partial charge in [0.05, 0.1) is 6.54 Å². The van der Waals surface area contributed by atoms with E-state index >= 15 is 0 Å². The van der Waals surface area contributed by atoms with Gasteiger partial charge in [0, 0.05) is 36.2 Å². The van der Waals surface area contributed by atoms with Crippen LogP contribution in [0, 0.1) is 5.92 Å².